The lowest BCUT2D eigenvalue weighted by Crippen LogP contribution is -2.13. The van der Waals surface area contributed by atoms with Crippen molar-refractivity contribution < 1.29 is 18.1 Å². The molecule has 8 heteroatoms. The number of aromatic nitrogens is 2. The highest BCUT2D eigenvalue weighted by atomic mass is 19.4. The quantitative estimate of drug-likeness (QED) is 0.525. The zero-order chi connectivity index (χ0) is 17.3. The van der Waals surface area contributed by atoms with E-state index in [0.29, 0.717) is 5.56 Å². The van der Waals surface area contributed by atoms with Gasteiger partial charge in [0, 0.05) is 17.7 Å². The first-order chi connectivity index (χ1) is 11.4. The van der Waals surface area contributed by atoms with E-state index in [1.54, 1.807) is 18.2 Å². The van der Waals surface area contributed by atoms with Gasteiger partial charge >= 0.3 is 6.18 Å². The van der Waals surface area contributed by atoms with Gasteiger partial charge in [-0.1, -0.05) is 18.2 Å². The molecule has 0 aliphatic carbocycles. The minimum absolute atomic E-state index is 0.0843. The van der Waals surface area contributed by atoms with Crippen LogP contribution in [-0.4, -0.2) is 14.7 Å². The maximum Gasteiger partial charge on any atom is 0.433 e. The molecule has 0 saturated heterocycles. The first-order valence-electron chi connectivity index (χ1n) is 6.84. The van der Waals surface area contributed by atoms with Crippen LogP contribution in [0.2, 0.25) is 0 Å². The molecule has 2 aromatic carbocycles. The number of non-ortho nitro benzene ring substituents is 1. The predicted molar refractivity (Wildman–Crippen MR) is 80.7 cm³/mol. The van der Waals surface area contributed by atoms with Gasteiger partial charge in [0.15, 0.2) is 0 Å². The molecule has 5 nitrogen and oxygen atoms in total. The average molecular weight is 333 g/mol. The summed E-state index contributed by atoms with van der Waals surface area (Å²) in [5.41, 5.74) is -0.334. The Morgan fingerprint density at radius 2 is 1.62 bits per heavy atom. The summed E-state index contributed by atoms with van der Waals surface area (Å²) in [6.07, 6.45) is -4.58. The molecule has 1 heterocycles. The number of hydrogen-bond acceptors (Lipinski definition) is 3. The van der Waals surface area contributed by atoms with Crippen molar-refractivity contribution in [2.45, 2.75) is 6.18 Å². The minimum Gasteiger partial charge on any atom is -0.258 e. The van der Waals surface area contributed by atoms with Gasteiger partial charge in [0.2, 0.25) is 0 Å². The Hall–Kier alpha value is -3.16. The molecule has 0 aliphatic heterocycles. The first kappa shape index (κ1) is 15.7. The molecule has 0 aliphatic rings. The van der Waals surface area contributed by atoms with E-state index >= 15 is 0 Å². The lowest BCUT2D eigenvalue weighted by Gasteiger charge is -2.09. The largest absolute Gasteiger partial charge is 0.433 e. The van der Waals surface area contributed by atoms with Gasteiger partial charge in [0.05, 0.1) is 16.3 Å². The van der Waals surface area contributed by atoms with E-state index in [-0.39, 0.29) is 17.1 Å². The maximum atomic E-state index is 13.3. The fourth-order valence-electron chi connectivity index (χ4n) is 2.24. The van der Waals surface area contributed by atoms with Crippen LogP contribution < -0.4 is 0 Å². The average Bonchev–Trinajstić information content (AvgIpc) is 3.01. The fraction of sp³-hybridized carbons (Fsp3) is 0.0625. The van der Waals surface area contributed by atoms with Crippen LogP contribution in [0, 0.1) is 10.1 Å². The molecule has 0 saturated carbocycles. The number of rotatable bonds is 3. The Morgan fingerprint density at radius 1 is 1.00 bits per heavy atom. The zero-order valence-corrected chi connectivity index (χ0v) is 12.1. The summed E-state index contributed by atoms with van der Waals surface area (Å²) in [5.74, 6) is 0. The maximum absolute atomic E-state index is 13.3. The van der Waals surface area contributed by atoms with Crippen molar-refractivity contribution in [1.82, 2.24) is 9.78 Å². The van der Waals surface area contributed by atoms with Crippen molar-refractivity contribution in [2.24, 2.45) is 0 Å². The van der Waals surface area contributed by atoms with Crippen molar-refractivity contribution >= 4 is 5.69 Å². The third-order valence-electron chi connectivity index (χ3n) is 3.37. The van der Waals surface area contributed by atoms with E-state index in [2.05, 4.69) is 5.10 Å². The number of nitrogens with zero attached hydrogens (tertiary/aromatic N) is 3. The fourth-order valence-corrected chi connectivity index (χ4v) is 2.24. The van der Waals surface area contributed by atoms with Gasteiger partial charge < -0.3 is 0 Å². The van der Waals surface area contributed by atoms with E-state index in [0.717, 1.165) is 10.7 Å². The highest BCUT2D eigenvalue weighted by molar-refractivity contribution is 5.62. The van der Waals surface area contributed by atoms with E-state index in [1.165, 1.54) is 36.4 Å². The summed E-state index contributed by atoms with van der Waals surface area (Å²) < 4.78 is 40.7. The van der Waals surface area contributed by atoms with Crippen LogP contribution in [0.15, 0.2) is 60.7 Å². The SMILES string of the molecule is O=[N+]([O-])c1ccc(-c2cc(C(F)(F)F)n(-c3ccccc3)n2)cc1. The van der Waals surface area contributed by atoms with Crippen molar-refractivity contribution in [1.29, 1.82) is 0 Å². The van der Waals surface area contributed by atoms with Crippen LogP contribution in [0.4, 0.5) is 18.9 Å². The zero-order valence-electron chi connectivity index (χ0n) is 12.1. The number of alkyl halides is 3. The van der Waals surface area contributed by atoms with Crippen LogP contribution in [0.25, 0.3) is 16.9 Å². The number of benzene rings is 2. The van der Waals surface area contributed by atoms with Crippen molar-refractivity contribution in [3.63, 3.8) is 0 Å². The molecule has 0 radical (unpaired) electrons. The third kappa shape index (κ3) is 2.98. The molecular weight excluding hydrogens is 323 g/mol. The van der Waals surface area contributed by atoms with Gasteiger partial charge in [-0.15, -0.1) is 0 Å². The summed E-state index contributed by atoms with van der Waals surface area (Å²) in [6, 6.07) is 14.1. The Kier molecular flexibility index (Phi) is 3.80. The molecule has 0 fully saturated rings. The van der Waals surface area contributed by atoms with E-state index in [4.69, 9.17) is 0 Å². The van der Waals surface area contributed by atoms with E-state index in [9.17, 15) is 23.3 Å². The molecule has 0 N–H and O–H groups in total. The van der Waals surface area contributed by atoms with Crippen LogP contribution in [0.5, 0.6) is 0 Å². The monoisotopic (exact) mass is 333 g/mol. The van der Waals surface area contributed by atoms with Crippen molar-refractivity contribution in [3.05, 3.63) is 76.5 Å². The van der Waals surface area contributed by atoms with E-state index in [1.807, 2.05) is 0 Å². The van der Waals surface area contributed by atoms with Crippen LogP contribution in [0.3, 0.4) is 0 Å². The van der Waals surface area contributed by atoms with Gasteiger partial charge in [-0.3, -0.25) is 10.1 Å². The highest BCUT2D eigenvalue weighted by Gasteiger charge is 2.36. The smallest absolute Gasteiger partial charge is 0.258 e. The number of hydrogen-bond donors (Lipinski definition) is 0. The molecule has 0 unspecified atom stereocenters. The number of nitro groups is 1. The molecule has 0 amide bonds. The molecule has 122 valence electrons. The standard InChI is InChI=1S/C16H10F3N3O2/c17-16(18,19)15-10-14(11-6-8-13(9-7-11)22(23)24)20-21(15)12-4-2-1-3-5-12/h1-10H. The normalized spacial score (nSPS) is 11.5. The van der Waals surface area contributed by atoms with Crippen molar-refractivity contribution in [2.75, 3.05) is 0 Å². The van der Waals surface area contributed by atoms with Crippen molar-refractivity contribution in [3.8, 4) is 16.9 Å². The van der Waals surface area contributed by atoms with Crippen LogP contribution in [-0.2, 0) is 6.18 Å². The Bertz CT molecular complexity index is 872. The molecular formula is C16H10F3N3O2. The molecule has 3 rings (SSSR count). The minimum atomic E-state index is -4.58. The lowest BCUT2D eigenvalue weighted by atomic mass is 10.1. The Labute approximate surface area is 134 Å². The lowest BCUT2D eigenvalue weighted by molar-refractivity contribution is -0.384. The topological polar surface area (TPSA) is 61.0 Å². The summed E-state index contributed by atoms with van der Waals surface area (Å²) in [6.45, 7) is 0. The van der Waals surface area contributed by atoms with Gasteiger partial charge in [-0.2, -0.15) is 18.3 Å². The molecule has 0 bridgehead atoms. The number of halogens is 3. The van der Waals surface area contributed by atoms with E-state index < -0.39 is 16.8 Å². The second kappa shape index (κ2) is 5.80. The molecule has 24 heavy (non-hydrogen) atoms. The summed E-state index contributed by atoms with van der Waals surface area (Å²) in [4.78, 5) is 10.1. The summed E-state index contributed by atoms with van der Waals surface area (Å²) in [7, 11) is 0. The second-order valence-corrected chi connectivity index (χ2v) is 4.96. The predicted octanol–water partition coefficient (Wildman–Crippen LogP) is 4.47. The van der Waals surface area contributed by atoms with Crippen LogP contribution in [0.1, 0.15) is 5.69 Å². The molecule has 0 spiro atoms. The Morgan fingerprint density at radius 3 is 2.17 bits per heavy atom. The molecule has 0 atom stereocenters. The van der Waals surface area contributed by atoms with Gasteiger partial charge in [0.1, 0.15) is 5.69 Å². The summed E-state index contributed by atoms with van der Waals surface area (Å²) in [5, 5.41) is 14.7. The molecule has 1 aromatic heterocycles. The third-order valence-corrected chi connectivity index (χ3v) is 3.37. The van der Waals surface area contributed by atoms with Gasteiger partial charge in [-0.05, 0) is 30.3 Å². The van der Waals surface area contributed by atoms with Gasteiger partial charge in [-0.25, -0.2) is 4.68 Å². The summed E-state index contributed by atoms with van der Waals surface area (Å²) >= 11 is 0. The van der Waals surface area contributed by atoms with Crippen LogP contribution >= 0.6 is 0 Å². The van der Waals surface area contributed by atoms with Gasteiger partial charge in [0.25, 0.3) is 5.69 Å². The molecule has 3 aromatic rings. The highest BCUT2D eigenvalue weighted by Crippen LogP contribution is 2.34. The second-order valence-electron chi connectivity index (χ2n) is 4.96. The first-order valence-corrected chi connectivity index (χ1v) is 6.84. The Balaban J connectivity index is 2.10. The number of nitro benzene ring substituents is 1. The number of para-hydroxylation sites is 1.